The van der Waals surface area contributed by atoms with Crippen molar-refractivity contribution >= 4 is 11.2 Å². The Morgan fingerprint density at radius 2 is 2.06 bits per heavy atom. The van der Waals surface area contributed by atoms with Gasteiger partial charge in [-0.25, -0.2) is 9.97 Å². The van der Waals surface area contributed by atoms with Crippen LogP contribution < -0.4 is 0 Å². The number of halogens is 3. The highest BCUT2D eigenvalue weighted by Gasteiger charge is 2.31. The summed E-state index contributed by atoms with van der Waals surface area (Å²) in [7, 11) is 1.76. The van der Waals surface area contributed by atoms with E-state index in [1.54, 1.807) is 11.6 Å². The van der Waals surface area contributed by atoms with Gasteiger partial charge in [0.15, 0.2) is 5.65 Å². The van der Waals surface area contributed by atoms with Crippen molar-refractivity contribution in [1.29, 1.82) is 0 Å². The second-order valence-corrected chi connectivity index (χ2v) is 3.90. The van der Waals surface area contributed by atoms with E-state index in [1.807, 2.05) is 6.92 Å². The van der Waals surface area contributed by atoms with Crippen molar-refractivity contribution in [3.8, 4) is 0 Å². The van der Waals surface area contributed by atoms with Crippen LogP contribution in [-0.4, -0.2) is 14.5 Å². The molecule has 0 N–H and O–H groups in total. The van der Waals surface area contributed by atoms with Crippen molar-refractivity contribution in [2.75, 3.05) is 0 Å². The highest BCUT2D eigenvalue weighted by molar-refractivity contribution is 5.72. The number of aryl methyl sites for hydroxylation is 2. The molecule has 92 valence electrons. The van der Waals surface area contributed by atoms with Crippen molar-refractivity contribution in [1.82, 2.24) is 14.5 Å². The number of fused-ring (bicyclic) bond motifs is 1. The maximum absolute atomic E-state index is 12.5. The Balaban J connectivity index is 2.56. The van der Waals surface area contributed by atoms with E-state index in [-0.39, 0.29) is 0 Å². The first-order valence-electron chi connectivity index (χ1n) is 5.32. The predicted molar refractivity (Wildman–Crippen MR) is 57.5 cm³/mol. The van der Waals surface area contributed by atoms with Crippen LogP contribution in [0.3, 0.4) is 0 Å². The lowest BCUT2D eigenvalue weighted by molar-refractivity contribution is -0.137. The summed E-state index contributed by atoms with van der Waals surface area (Å²) < 4.78 is 39.2. The van der Waals surface area contributed by atoms with E-state index in [0.29, 0.717) is 11.2 Å². The zero-order valence-corrected chi connectivity index (χ0v) is 9.54. The van der Waals surface area contributed by atoms with E-state index in [2.05, 4.69) is 9.97 Å². The molecule has 0 spiro atoms. The number of pyridine rings is 1. The lowest BCUT2D eigenvalue weighted by Crippen LogP contribution is -2.05. The first kappa shape index (κ1) is 11.9. The Morgan fingerprint density at radius 1 is 1.35 bits per heavy atom. The van der Waals surface area contributed by atoms with E-state index in [1.165, 1.54) is 0 Å². The van der Waals surface area contributed by atoms with Gasteiger partial charge >= 0.3 is 6.18 Å². The zero-order valence-electron chi connectivity index (χ0n) is 9.54. The summed E-state index contributed by atoms with van der Waals surface area (Å²) in [4.78, 5) is 8.01. The molecule has 0 aromatic carbocycles. The Bertz CT molecular complexity index is 543. The Hall–Kier alpha value is -1.59. The smallest absolute Gasteiger partial charge is 0.316 e. The van der Waals surface area contributed by atoms with Crippen molar-refractivity contribution < 1.29 is 13.2 Å². The molecule has 0 bridgehead atoms. The number of aromatic nitrogens is 3. The van der Waals surface area contributed by atoms with Gasteiger partial charge in [-0.1, -0.05) is 6.92 Å². The maximum atomic E-state index is 12.5. The van der Waals surface area contributed by atoms with Crippen LogP contribution in [0.1, 0.15) is 24.7 Å². The highest BCUT2D eigenvalue weighted by Crippen LogP contribution is 2.30. The predicted octanol–water partition coefficient (Wildman–Crippen LogP) is 2.94. The molecule has 2 heterocycles. The normalized spacial score (nSPS) is 12.3. The average Bonchev–Trinajstić information content (AvgIpc) is 2.55. The van der Waals surface area contributed by atoms with Crippen LogP contribution in [0.4, 0.5) is 13.2 Å². The van der Waals surface area contributed by atoms with Gasteiger partial charge in [-0.05, 0) is 12.5 Å². The van der Waals surface area contributed by atoms with Crippen LogP contribution in [0.5, 0.6) is 0 Å². The lowest BCUT2D eigenvalue weighted by Gasteiger charge is -2.05. The van der Waals surface area contributed by atoms with Crippen molar-refractivity contribution in [2.24, 2.45) is 7.05 Å². The van der Waals surface area contributed by atoms with Crippen LogP contribution in [-0.2, 0) is 19.6 Å². The molecule has 2 aromatic heterocycles. The fourth-order valence-corrected chi connectivity index (χ4v) is 1.73. The molecule has 2 aromatic rings. The van der Waals surface area contributed by atoms with Gasteiger partial charge in [-0.15, -0.1) is 0 Å². The summed E-state index contributed by atoms with van der Waals surface area (Å²) >= 11 is 0. The van der Waals surface area contributed by atoms with Crippen molar-refractivity contribution in [2.45, 2.75) is 25.9 Å². The quantitative estimate of drug-likeness (QED) is 0.811. The molecule has 0 atom stereocenters. The average molecular weight is 243 g/mol. The lowest BCUT2D eigenvalue weighted by atomic mass is 10.2. The monoisotopic (exact) mass is 243 g/mol. The third kappa shape index (κ3) is 2.11. The molecule has 0 unspecified atom stereocenters. The molecule has 0 saturated carbocycles. The Labute approximate surface area is 96.3 Å². The summed E-state index contributed by atoms with van der Waals surface area (Å²) in [5, 5.41) is 0. The number of hydrogen-bond acceptors (Lipinski definition) is 2. The maximum Gasteiger partial charge on any atom is 0.417 e. The summed E-state index contributed by atoms with van der Waals surface area (Å²) in [6, 6.07) is 1.04. The largest absolute Gasteiger partial charge is 0.417 e. The van der Waals surface area contributed by atoms with E-state index in [9.17, 15) is 13.2 Å². The topological polar surface area (TPSA) is 30.7 Å². The third-order valence-corrected chi connectivity index (χ3v) is 2.60. The molecule has 17 heavy (non-hydrogen) atoms. The molecular formula is C11H12F3N3. The van der Waals surface area contributed by atoms with Gasteiger partial charge in [0, 0.05) is 19.7 Å². The molecule has 2 rings (SSSR count). The van der Waals surface area contributed by atoms with Gasteiger partial charge in [0.2, 0.25) is 0 Å². The third-order valence-electron chi connectivity index (χ3n) is 2.60. The molecular weight excluding hydrogens is 231 g/mol. The summed E-state index contributed by atoms with van der Waals surface area (Å²) in [5.41, 5.74) is 0.0263. The van der Waals surface area contributed by atoms with Crippen LogP contribution in [0.15, 0.2) is 12.3 Å². The summed E-state index contributed by atoms with van der Waals surface area (Å²) in [5.74, 6) is 0.759. The van der Waals surface area contributed by atoms with E-state index in [4.69, 9.17) is 0 Å². The molecule has 0 aliphatic rings. The molecule has 6 heteroatoms. The van der Waals surface area contributed by atoms with E-state index >= 15 is 0 Å². The second-order valence-electron chi connectivity index (χ2n) is 3.90. The summed E-state index contributed by atoms with van der Waals surface area (Å²) in [6.45, 7) is 1.99. The number of nitrogens with zero attached hydrogens (tertiary/aromatic N) is 3. The number of rotatable bonds is 2. The van der Waals surface area contributed by atoms with E-state index < -0.39 is 11.7 Å². The minimum absolute atomic E-state index is 0.297. The molecule has 0 aliphatic carbocycles. The molecule has 0 saturated heterocycles. The SMILES string of the molecule is CCCc1nc2cc(C(F)(F)F)cnc2n1C. The first-order valence-corrected chi connectivity index (χ1v) is 5.32. The van der Waals surface area contributed by atoms with Crippen LogP contribution >= 0.6 is 0 Å². The van der Waals surface area contributed by atoms with Crippen molar-refractivity contribution in [3.63, 3.8) is 0 Å². The van der Waals surface area contributed by atoms with Gasteiger partial charge in [-0.2, -0.15) is 13.2 Å². The van der Waals surface area contributed by atoms with Crippen molar-refractivity contribution in [3.05, 3.63) is 23.7 Å². The van der Waals surface area contributed by atoms with Gasteiger partial charge in [0.25, 0.3) is 0 Å². The number of hydrogen-bond donors (Lipinski definition) is 0. The molecule has 0 amide bonds. The fraction of sp³-hybridized carbons (Fsp3) is 0.455. The Morgan fingerprint density at radius 3 is 2.65 bits per heavy atom. The van der Waals surface area contributed by atoms with Crippen LogP contribution in [0.2, 0.25) is 0 Å². The minimum Gasteiger partial charge on any atom is -0.316 e. The molecule has 3 nitrogen and oxygen atoms in total. The fourth-order valence-electron chi connectivity index (χ4n) is 1.73. The van der Waals surface area contributed by atoms with Crippen LogP contribution in [0, 0.1) is 0 Å². The minimum atomic E-state index is -4.37. The summed E-state index contributed by atoms with van der Waals surface area (Å²) in [6.07, 6.45) is -1.90. The van der Waals surface area contributed by atoms with Crippen LogP contribution in [0.25, 0.3) is 11.2 Å². The highest BCUT2D eigenvalue weighted by atomic mass is 19.4. The standard InChI is InChI=1S/C11H12F3N3/c1-3-4-9-16-8-5-7(11(12,13)14)6-15-10(8)17(9)2/h5-6H,3-4H2,1-2H3. The first-order chi connectivity index (χ1) is 7.93. The Kier molecular flexibility index (Phi) is 2.81. The second kappa shape index (κ2) is 4.01. The molecule has 0 radical (unpaired) electrons. The van der Waals surface area contributed by atoms with Gasteiger partial charge in [-0.3, -0.25) is 0 Å². The zero-order chi connectivity index (χ0) is 12.6. The number of alkyl halides is 3. The van der Waals surface area contributed by atoms with Gasteiger partial charge in [0.1, 0.15) is 11.3 Å². The van der Waals surface area contributed by atoms with Gasteiger partial charge in [0.05, 0.1) is 5.56 Å². The van der Waals surface area contributed by atoms with E-state index in [0.717, 1.165) is 30.9 Å². The molecule has 0 fully saturated rings. The van der Waals surface area contributed by atoms with Gasteiger partial charge < -0.3 is 4.57 Å². The number of imidazole rings is 1. The molecule has 0 aliphatic heterocycles.